The molecule has 0 aromatic heterocycles. The molecule has 1 N–H and O–H groups in total. The van der Waals surface area contributed by atoms with Gasteiger partial charge in [0.1, 0.15) is 17.2 Å². The SMILES string of the molecule is O=C(NCc1ccc2c(c1)OCO2)c1c(F)cc(Br)cc1F. The number of halogens is 3. The van der Waals surface area contributed by atoms with Crippen molar-refractivity contribution in [2.45, 2.75) is 6.54 Å². The van der Waals surface area contributed by atoms with E-state index in [4.69, 9.17) is 9.47 Å². The van der Waals surface area contributed by atoms with Crippen molar-refractivity contribution in [3.63, 3.8) is 0 Å². The summed E-state index contributed by atoms with van der Waals surface area (Å²) < 4.78 is 38.0. The summed E-state index contributed by atoms with van der Waals surface area (Å²) in [6.45, 7) is 0.269. The van der Waals surface area contributed by atoms with Gasteiger partial charge in [0.05, 0.1) is 0 Å². The van der Waals surface area contributed by atoms with E-state index in [1.165, 1.54) is 0 Å². The number of carbonyl (C=O) groups excluding carboxylic acids is 1. The summed E-state index contributed by atoms with van der Waals surface area (Å²) in [5.74, 6) is -1.46. The molecule has 7 heteroatoms. The zero-order chi connectivity index (χ0) is 15.7. The van der Waals surface area contributed by atoms with Crippen molar-refractivity contribution in [3.05, 3.63) is 57.6 Å². The molecule has 0 spiro atoms. The van der Waals surface area contributed by atoms with E-state index in [-0.39, 0.29) is 17.8 Å². The van der Waals surface area contributed by atoms with Crippen LogP contribution in [0.3, 0.4) is 0 Å². The van der Waals surface area contributed by atoms with E-state index in [1.54, 1.807) is 18.2 Å². The fraction of sp³-hybridized carbons (Fsp3) is 0.133. The molecule has 1 aliphatic rings. The Kier molecular flexibility index (Phi) is 3.98. The minimum atomic E-state index is -0.921. The van der Waals surface area contributed by atoms with E-state index in [0.29, 0.717) is 11.5 Å². The summed E-state index contributed by atoms with van der Waals surface area (Å²) >= 11 is 2.96. The summed E-state index contributed by atoms with van der Waals surface area (Å²) in [6.07, 6.45) is 0. The molecule has 1 aliphatic heterocycles. The van der Waals surface area contributed by atoms with Crippen LogP contribution in [0.2, 0.25) is 0 Å². The monoisotopic (exact) mass is 369 g/mol. The number of ether oxygens (including phenoxy) is 2. The van der Waals surface area contributed by atoms with E-state index in [2.05, 4.69) is 21.2 Å². The maximum atomic E-state index is 13.7. The lowest BCUT2D eigenvalue weighted by molar-refractivity contribution is 0.0942. The Morgan fingerprint density at radius 1 is 1.14 bits per heavy atom. The molecule has 22 heavy (non-hydrogen) atoms. The van der Waals surface area contributed by atoms with Crippen LogP contribution in [0.4, 0.5) is 8.78 Å². The van der Waals surface area contributed by atoms with Crippen molar-refractivity contribution >= 4 is 21.8 Å². The largest absolute Gasteiger partial charge is 0.454 e. The Morgan fingerprint density at radius 2 is 1.82 bits per heavy atom. The standard InChI is InChI=1S/C15H10BrF2NO3/c16-9-4-10(17)14(11(18)5-9)15(20)19-6-8-1-2-12-13(3-8)22-7-21-12/h1-5H,6-7H2,(H,19,20). The van der Waals surface area contributed by atoms with E-state index in [9.17, 15) is 13.6 Å². The molecule has 0 unspecified atom stereocenters. The van der Waals surface area contributed by atoms with Crippen molar-refractivity contribution in [2.24, 2.45) is 0 Å². The molecule has 0 atom stereocenters. The number of amides is 1. The first kappa shape index (κ1) is 14.8. The molecular weight excluding hydrogens is 360 g/mol. The first-order chi connectivity index (χ1) is 10.5. The van der Waals surface area contributed by atoms with Gasteiger partial charge in [0.25, 0.3) is 5.91 Å². The quantitative estimate of drug-likeness (QED) is 0.901. The number of benzene rings is 2. The second-order valence-electron chi connectivity index (χ2n) is 4.61. The molecule has 4 nitrogen and oxygen atoms in total. The van der Waals surface area contributed by atoms with Gasteiger partial charge in [-0.05, 0) is 29.8 Å². The Labute approximate surface area is 133 Å². The van der Waals surface area contributed by atoms with Crippen LogP contribution in [0.25, 0.3) is 0 Å². The molecule has 0 radical (unpaired) electrons. The minimum Gasteiger partial charge on any atom is -0.454 e. The Balaban J connectivity index is 1.73. The van der Waals surface area contributed by atoms with Gasteiger partial charge in [-0.15, -0.1) is 0 Å². The fourth-order valence-electron chi connectivity index (χ4n) is 2.08. The molecule has 0 fully saturated rings. The van der Waals surface area contributed by atoms with Gasteiger partial charge < -0.3 is 14.8 Å². The summed E-state index contributed by atoms with van der Waals surface area (Å²) in [7, 11) is 0. The maximum Gasteiger partial charge on any atom is 0.257 e. The van der Waals surface area contributed by atoms with Crippen molar-refractivity contribution < 1.29 is 23.0 Å². The average Bonchev–Trinajstić information content (AvgIpc) is 2.91. The smallest absolute Gasteiger partial charge is 0.257 e. The van der Waals surface area contributed by atoms with Crippen molar-refractivity contribution in [1.82, 2.24) is 5.32 Å². The van der Waals surface area contributed by atoms with Crippen LogP contribution < -0.4 is 14.8 Å². The summed E-state index contributed by atoms with van der Waals surface area (Å²) in [5.41, 5.74) is 0.125. The minimum absolute atomic E-state index is 0.115. The van der Waals surface area contributed by atoms with Crippen LogP contribution in [0.5, 0.6) is 11.5 Å². The lowest BCUT2D eigenvalue weighted by Crippen LogP contribution is -2.25. The maximum absolute atomic E-state index is 13.7. The molecule has 1 heterocycles. The number of fused-ring (bicyclic) bond motifs is 1. The van der Waals surface area contributed by atoms with Crippen LogP contribution in [-0.2, 0) is 6.54 Å². The van der Waals surface area contributed by atoms with Gasteiger partial charge in [0.2, 0.25) is 6.79 Å². The van der Waals surface area contributed by atoms with Crippen molar-refractivity contribution in [1.29, 1.82) is 0 Å². The predicted octanol–water partition coefficient (Wildman–Crippen LogP) is 3.39. The number of carbonyl (C=O) groups is 1. The van der Waals surface area contributed by atoms with E-state index in [1.807, 2.05) is 0 Å². The third-order valence-corrected chi connectivity index (χ3v) is 3.58. The highest BCUT2D eigenvalue weighted by Crippen LogP contribution is 2.32. The molecule has 0 bridgehead atoms. The van der Waals surface area contributed by atoms with Crippen LogP contribution in [-0.4, -0.2) is 12.7 Å². The number of hydrogen-bond acceptors (Lipinski definition) is 3. The Bertz CT molecular complexity index is 729. The van der Waals surface area contributed by atoms with Crippen LogP contribution in [0, 0.1) is 11.6 Å². The van der Waals surface area contributed by atoms with E-state index >= 15 is 0 Å². The zero-order valence-electron chi connectivity index (χ0n) is 11.2. The van der Waals surface area contributed by atoms with Crippen molar-refractivity contribution in [2.75, 3.05) is 6.79 Å². The van der Waals surface area contributed by atoms with Gasteiger partial charge in [0.15, 0.2) is 11.5 Å². The second kappa shape index (κ2) is 5.92. The average molecular weight is 370 g/mol. The number of rotatable bonds is 3. The number of hydrogen-bond donors (Lipinski definition) is 1. The molecule has 2 aromatic carbocycles. The van der Waals surface area contributed by atoms with Gasteiger partial charge in [-0.3, -0.25) is 4.79 Å². The van der Waals surface area contributed by atoms with Crippen molar-refractivity contribution in [3.8, 4) is 11.5 Å². The highest BCUT2D eigenvalue weighted by Gasteiger charge is 2.19. The van der Waals surface area contributed by atoms with Crippen LogP contribution in [0.15, 0.2) is 34.8 Å². The molecular formula is C15H10BrF2NO3. The Morgan fingerprint density at radius 3 is 2.55 bits per heavy atom. The summed E-state index contributed by atoms with van der Waals surface area (Å²) in [5, 5.41) is 2.48. The van der Waals surface area contributed by atoms with Crippen LogP contribution in [0.1, 0.15) is 15.9 Å². The lowest BCUT2D eigenvalue weighted by Gasteiger charge is -2.08. The second-order valence-corrected chi connectivity index (χ2v) is 5.53. The number of nitrogens with one attached hydrogen (secondary N) is 1. The summed E-state index contributed by atoms with van der Waals surface area (Å²) in [4.78, 5) is 11.9. The highest BCUT2D eigenvalue weighted by molar-refractivity contribution is 9.10. The van der Waals surface area contributed by atoms with Gasteiger partial charge in [-0.1, -0.05) is 22.0 Å². The molecule has 0 saturated carbocycles. The normalized spacial score (nSPS) is 12.3. The first-order valence-corrected chi connectivity index (χ1v) is 7.15. The van der Waals surface area contributed by atoms with Crippen LogP contribution >= 0.6 is 15.9 Å². The lowest BCUT2D eigenvalue weighted by atomic mass is 10.1. The third-order valence-electron chi connectivity index (χ3n) is 3.12. The molecule has 1 amide bonds. The molecule has 3 rings (SSSR count). The van der Waals surface area contributed by atoms with Gasteiger partial charge in [0, 0.05) is 11.0 Å². The third kappa shape index (κ3) is 2.89. The topological polar surface area (TPSA) is 47.6 Å². The first-order valence-electron chi connectivity index (χ1n) is 6.36. The van der Waals surface area contributed by atoms with E-state index in [0.717, 1.165) is 17.7 Å². The van der Waals surface area contributed by atoms with Gasteiger partial charge >= 0.3 is 0 Å². The molecule has 2 aromatic rings. The van der Waals surface area contributed by atoms with Gasteiger partial charge in [-0.25, -0.2) is 8.78 Å². The van der Waals surface area contributed by atoms with E-state index < -0.39 is 23.1 Å². The molecule has 114 valence electrons. The summed E-state index contributed by atoms with van der Waals surface area (Å²) in [6, 6.07) is 7.24. The highest BCUT2D eigenvalue weighted by atomic mass is 79.9. The molecule has 0 saturated heterocycles. The predicted molar refractivity (Wildman–Crippen MR) is 77.8 cm³/mol. The zero-order valence-corrected chi connectivity index (χ0v) is 12.7. The molecule has 0 aliphatic carbocycles. The van der Waals surface area contributed by atoms with Gasteiger partial charge in [-0.2, -0.15) is 0 Å². The Hall–Kier alpha value is -2.15. The fourth-order valence-corrected chi connectivity index (χ4v) is 2.48.